The normalized spacial score (nSPS) is 19.0. The number of benzene rings is 2. The first-order valence-corrected chi connectivity index (χ1v) is 15.6. The van der Waals surface area contributed by atoms with Gasteiger partial charge >= 0.3 is 17.0 Å². The highest BCUT2D eigenvalue weighted by Crippen LogP contribution is 2.54. The largest absolute Gasteiger partial charge is 0.462 e. The fraction of sp³-hybridized carbons (Fsp3) is 0.226. The maximum absolute atomic E-state index is 13.9. The zero-order chi connectivity index (χ0) is 32.7. The van der Waals surface area contributed by atoms with Gasteiger partial charge in [0.2, 0.25) is 17.7 Å². The quantitative estimate of drug-likeness (QED) is 0.217. The number of halogens is 3. The fourth-order valence-electron chi connectivity index (χ4n) is 5.57. The van der Waals surface area contributed by atoms with Crippen molar-refractivity contribution in [2.24, 2.45) is 5.92 Å². The van der Waals surface area contributed by atoms with Crippen LogP contribution in [-0.4, -0.2) is 45.1 Å². The molecule has 2 aliphatic rings. The molecule has 4 heterocycles. The van der Waals surface area contributed by atoms with E-state index in [1.807, 2.05) is 0 Å². The molecule has 4 aromatic rings. The van der Waals surface area contributed by atoms with Crippen molar-refractivity contribution in [3.05, 3.63) is 104 Å². The Hall–Kier alpha value is -4.76. The van der Waals surface area contributed by atoms with Gasteiger partial charge in [0.15, 0.2) is 0 Å². The number of para-hydroxylation sites is 1. The minimum absolute atomic E-state index is 0.205. The van der Waals surface area contributed by atoms with E-state index in [4.69, 9.17) is 4.74 Å². The van der Waals surface area contributed by atoms with E-state index in [0.717, 1.165) is 35.2 Å². The van der Waals surface area contributed by atoms with Crippen LogP contribution in [0, 0.1) is 5.92 Å². The lowest BCUT2D eigenvalue weighted by molar-refractivity contribution is -0.137. The lowest BCUT2D eigenvalue weighted by atomic mass is 9.84. The highest BCUT2D eigenvalue weighted by Gasteiger charge is 2.57. The lowest BCUT2D eigenvalue weighted by Crippen LogP contribution is -2.33. The molecule has 1 N–H and O–H groups in total. The zero-order valence-electron chi connectivity index (χ0n) is 23.8. The third-order valence-corrected chi connectivity index (χ3v) is 10.1. The lowest BCUT2D eigenvalue weighted by Gasteiger charge is -2.30. The van der Waals surface area contributed by atoms with E-state index in [2.05, 4.69) is 10.3 Å². The molecule has 46 heavy (non-hydrogen) atoms. The number of carbonyl (C=O) groups excluding carboxylic acids is 4. The van der Waals surface area contributed by atoms with E-state index in [0.29, 0.717) is 21.0 Å². The fourth-order valence-corrected chi connectivity index (χ4v) is 8.34. The van der Waals surface area contributed by atoms with Crippen LogP contribution in [0.2, 0.25) is 0 Å². The summed E-state index contributed by atoms with van der Waals surface area (Å²) in [4.78, 5) is 70.7. The van der Waals surface area contributed by atoms with Gasteiger partial charge in [0.1, 0.15) is 11.8 Å². The van der Waals surface area contributed by atoms with Crippen LogP contribution in [0.15, 0.2) is 82.9 Å². The summed E-state index contributed by atoms with van der Waals surface area (Å²) >= 11 is 1.68. The van der Waals surface area contributed by atoms with Crippen LogP contribution in [0.3, 0.4) is 0 Å². The predicted octanol–water partition coefficient (Wildman–Crippen LogP) is 4.93. The van der Waals surface area contributed by atoms with Crippen LogP contribution in [0.4, 0.5) is 24.5 Å². The molecule has 0 saturated carbocycles. The van der Waals surface area contributed by atoms with Crippen molar-refractivity contribution < 1.29 is 37.1 Å². The van der Waals surface area contributed by atoms with Crippen LogP contribution in [-0.2, 0) is 31.8 Å². The van der Waals surface area contributed by atoms with E-state index < -0.39 is 69.6 Å². The van der Waals surface area contributed by atoms with Gasteiger partial charge in [0, 0.05) is 28.9 Å². The zero-order valence-corrected chi connectivity index (χ0v) is 25.4. The molecule has 15 heteroatoms. The van der Waals surface area contributed by atoms with E-state index in [1.165, 1.54) is 53.4 Å². The number of anilines is 2. The number of nitrogens with one attached hydrogen (secondary N) is 1. The van der Waals surface area contributed by atoms with Crippen molar-refractivity contribution in [2.45, 2.75) is 35.8 Å². The molecule has 0 bridgehead atoms. The summed E-state index contributed by atoms with van der Waals surface area (Å²) in [5, 5.41) is 1.76. The van der Waals surface area contributed by atoms with Crippen LogP contribution < -0.4 is 15.1 Å². The predicted molar refractivity (Wildman–Crippen MR) is 163 cm³/mol. The Bertz CT molecular complexity index is 1910. The molecular formula is C31H23F3N4O6S2. The number of alkyl halides is 3. The summed E-state index contributed by atoms with van der Waals surface area (Å²) in [6, 6.07) is 13.6. The SMILES string of the molecule is CCOC(=O)c1ccc(NC(=O)Cn2c3c(sc2=O)[C@@H](c2cccnc2)[C@@H]2C(=O)N(c4ccccc4C(F)(F)F)C(=O)[C@@H]2S3)cc1. The first kappa shape index (κ1) is 31.2. The molecule has 2 aromatic carbocycles. The van der Waals surface area contributed by atoms with Crippen molar-refractivity contribution in [2.75, 3.05) is 16.8 Å². The number of imide groups is 1. The molecule has 2 aromatic heterocycles. The Balaban J connectivity index is 1.35. The van der Waals surface area contributed by atoms with E-state index >= 15 is 0 Å². The van der Waals surface area contributed by atoms with Crippen molar-refractivity contribution in [3.8, 4) is 0 Å². The molecule has 1 fully saturated rings. The maximum atomic E-state index is 13.9. The van der Waals surface area contributed by atoms with Crippen LogP contribution in [0.1, 0.15) is 39.2 Å². The standard InChI is InChI=1S/C31H23F3N4O6S2/c1-2-44-29(42)16-9-11-18(12-10-16)36-21(39)15-37-28-25(46-30(37)43)22(17-6-5-13-35-14-17)23-24(45-28)27(41)38(26(23)40)20-8-4-3-7-19(20)31(32,33)34/h3-14,22-24H,2,15H2,1H3,(H,36,39)/t22-,23-,24+/m0/s1. The summed E-state index contributed by atoms with van der Waals surface area (Å²) in [7, 11) is 0. The molecule has 2 aliphatic heterocycles. The molecule has 10 nitrogen and oxygen atoms in total. The Morgan fingerprint density at radius 2 is 1.74 bits per heavy atom. The number of ether oxygens (including phenoxy) is 1. The van der Waals surface area contributed by atoms with E-state index in [1.54, 1.807) is 19.1 Å². The third-order valence-electron chi connectivity index (χ3n) is 7.52. The number of rotatable bonds is 7. The van der Waals surface area contributed by atoms with Crippen LogP contribution >= 0.6 is 23.1 Å². The van der Waals surface area contributed by atoms with Gasteiger partial charge in [-0.3, -0.25) is 28.7 Å². The maximum Gasteiger partial charge on any atom is 0.418 e. The van der Waals surface area contributed by atoms with E-state index in [-0.39, 0.29) is 17.2 Å². The molecule has 3 atom stereocenters. The van der Waals surface area contributed by atoms with Gasteiger partial charge in [0.05, 0.1) is 34.4 Å². The number of amides is 3. The van der Waals surface area contributed by atoms with Crippen LogP contribution in [0.25, 0.3) is 0 Å². The number of fused-ring (bicyclic) bond motifs is 2. The number of thiazole rings is 1. The monoisotopic (exact) mass is 668 g/mol. The summed E-state index contributed by atoms with van der Waals surface area (Å²) in [6.07, 6.45) is -1.84. The number of pyridine rings is 1. The number of aromatic nitrogens is 2. The van der Waals surface area contributed by atoms with Crippen molar-refractivity contribution in [3.63, 3.8) is 0 Å². The molecule has 236 valence electrons. The summed E-state index contributed by atoms with van der Waals surface area (Å²) in [6.45, 7) is 1.44. The molecule has 6 rings (SSSR count). The molecule has 0 radical (unpaired) electrons. The Kier molecular flexibility index (Phi) is 8.29. The molecule has 0 unspecified atom stereocenters. The molecular weight excluding hydrogens is 645 g/mol. The Labute approximate surface area is 267 Å². The Morgan fingerprint density at radius 1 is 1.00 bits per heavy atom. The second kappa shape index (κ2) is 12.2. The number of carbonyl (C=O) groups is 4. The minimum Gasteiger partial charge on any atom is -0.462 e. The molecule has 3 amide bonds. The van der Waals surface area contributed by atoms with Gasteiger partial charge in [-0.05, 0) is 55.0 Å². The van der Waals surface area contributed by atoms with Gasteiger partial charge in [-0.25, -0.2) is 9.69 Å². The first-order valence-electron chi connectivity index (χ1n) is 13.9. The highest BCUT2D eigenvalue weighted by molar-refractivity contribution is 8.00. The second-order valence-corrected chi connectivity index (χ2v) is 12.4. The second-order valence-electron chi connectivity index (χ2n) is 10.3. The Morgan fingerprint density at radius 3 is 2.41 bits per heavy atom. The summed E-state index contributed by atoms with van der Waals surface area (Å²) < 4.78 is 48.0. The highest BCUT2D eigenvalue weighted by atomic mass is 32.2. The molecule has 0 spiro atoms. The first-order chi connectivity index (χ1) is 22.0. The van der Waals surface area contributed by atoms with Crippen molar-refractivity contribution in [1.82, 2.24) is 9.55 Å². The minimum atomic E-state index is -4.83. The van der Waals surface area contributed by atoms with Crippen molar-refractivity contribution in [1.29, 1.82) is 0 Å². The van der Waals surface area contributed by atoms with Crippen molar-refractivity contribution >= 4 is 58.2 Å². The van der Waals surface area contributed by atoms with Crippen LogP contribution in [0.5, 0.6) is 0 Å². The number of thioether (sulfide) groups is 1. The van der Waals surface area contributed by atoms with Gasteiger partial charge in [0.25, 0.3) is 0 Å². The smallest absolute Gasteiger partial charge is 0.418 e. The number of hydrogen-bond donors (Lipinski definition) is 1. The summed E-state index contributed by atoms with van der Waals surface area (Å²) in [5.74, 6) is -4.79. The summed E-state index contributed by atoms with van der Waals surface area (Å²) in [5.41, 5.74) is -0.564. The van der Waals surface area contributed by atoms with Gasteiger partial charge < -0.3 is 10.1 Å². The molecule has 0 aliphatic carbocycles. The average Bonchev–Trinajstić information content (AvgIpc) is 3.47. The topological polar surface area (TPSA) is 128 Å². The number of nitrogens with zero attached hydrogens (tertiary/aromatic N) is 3. The van der Waals surface area contributed by atoms with Gasteiger partial charge in [-0.1, -0.05) is 41.3 Å². The average molecular weight is 669 g/mol. The number of hydrogen-bond acceptors (Lipinski definition) is 9. The number of esters is 1. The van der Waals surface area contributed by atoms with Gasteiger partial charge in [-0.15, -0.1) is 0 Å². The molecule has 1 saturated heterocycles. The third kappa shape index (κ3) is 5.60. The van der Waals surface area contributed by atoms with E-state index in [9.17, 15) is 37.1 Å². The van der Waals surface area contributed by atoms with Gasteiger partial charge in [-0.2, -0.15) is 13.2 Å².